The van der Waals surface area contributed by atoms with Crippen molar-refractivity contribution in [2.45, 2.75) is 24.6 Å². The molecule has 1 rings (SSSR count). The largest absolute Gasteiger partial charge is 0.496 e. The van der Waals surface area contributed by atoms with Crippen molar-refractivity contribution in [1.29, 1.82) is 0 Å². The average Bonchev–Trinajstić information content (AvgIpc) is 2.37. The second kappa shape index (κ2) is 6.52. The number of para-hydroxylation sites is 1. The molecule has 1 aromatic carbocycles. The molecule has 0 saturated heterocycles. The van der Waals surface area contributed by atoms with Crippen LogP contribution in [0.25, 0.3) is 0 Å². The van der Waals surface area contributed by atoms with Crippen LogP contribution in [0.4, 0.5) is 26.3 Å². The van der Waals surface area contributed by atoms with Gasteiger partial charge in [-0.25, -0.2) is 0 Å². The fourth-order valence-electron chi connectivity index (χ4n) is 1.69. The van der Waals surface area contributed by atoms with Crippen LogP contribution in [0, 0.1) is 0 Å². The molecule has 9 heteroatoms. The number of hydrogen-bond acceptors (Lipinski definition) is 3. The van der Waals surface area contributed by atoms with Gasteiger partial charge in [0.2, 0.25) is 6.10 Å². The van der Waals surface area contributed by atoms with Gasteiger partial charge in [-0.3, -0.25) is 0 Å². The molecule has 1 atom stereocenters. The highest BCUT2D eigenvalue weighted by Crippen LogP contribution is 2.39. The van der Waals surface area contributed by atoms with Crippen molar-refractivity contribution in [2.24, 2.45) is 5.73 Å². The number of benzene rings is 1. The normalized spacial score (nSPS) is 14.3. The number of rotatable bonds is 5. The van der Waals surface area contributed by atoms with Crippen LogP contribution in [0.2, 0.25) is 0 Å². The molecule has 0 aliphatic carbocycles. The lowest BCUT2D eigenvalue weighted by Gasteiger charge is -2.28. The Hall–Kier alpha value is -1.48. The van der Waals surface area contributed by atoms with Gasteiger partial charge in [0.25, 0.3) is 0 Å². The minimum Gasteiger partial charge on any atom is -0.496 e. The van der Waals surface area contributed by atoms with Crippen LogP contribution in [0.5, 0.6) is 5.75 Å². The lowest BCUT2D eigenvalue weighted by Crippen LogP contribution is -2.45. The smallest absolute Gasteiger partial charge is 0.423 e. The monoisotopic (exact) mass is 317 g/mol. The number of ether oxygens (including phenoxy) is 2. The average molecular weight is 317 g/mol. The van der Waals surface area contributed by atoms with E-state index in [0.29, 0.717) is 0 Å². The highest BCUT2D eigenvalue weighted by atomic mass is 19.4. The number of hydrogen-bond donors (Lipinski definition) is 1. The lowest BCUT2D eigenvalue weighted by molar-refractivity contribution is -0.331. The molecule has 0 saturated carbocycles. The predicted molar refractivity (Wildman–Crippen MR) is 61.8 cm³/mol. The zero-order chi connectivity index (χ0) is 16.3. The van der Waals surface area contributed by atoms with Crippen LogP contribution in [0.3, 0.4) is 0 Å². The van der Waals surface area contributed by atoms with Gasteiger partial charge in [0.15, 0.2) is 0 Å². The van der Waals surface area contributed by atoms with Gasteiger partial charge in [0.1, 0.15) is 5.75 Å². The Labute approximate surface area is 116 Å². The molecular formula is C12H13F6NO2. The first-order valence-electron chi connectivity index (χ1n) is 5.73. The summed E-state index contributed by atoms with van der Waals surface area (Å²) in [4.78, 5) is 0. The maximum atomic E-state index is 12.5. The van der Waals surface area contributed by atoms with E-state index < -0.39 is 31.1 Å². The van der Waals surface area contributed by atoms with E-state index in [2.05, 4.69) is 4.74 Å². The molecule has 0 fully saturated rings. The Balaban J connectivity index is 3.10. The lowest BCUT2D eigenvalue weighted by atomic mass is 10.1. The van der Waals surface area contributed by atoms with Crippen LogP contribution in [-0.4, -0.2) is 32.1 Å². The summed E-state index contributed by atoms with van der Waals surface area (Å²) in [6.07, 6.45) is -16.7. The minimum absolute atomic E-state index is 0.0148. The van der Waals surface area contributed by atoms with E-state index in [1.165, 1.54) is 31.4 Å². The van der Waals surface area contributed by atoms with Crippen molar-refractivity contribution < 1.29 is 35.8 Å². The Morgan fingerprint density at radius 3 is 2.00 bits per heavy atom. The summed E-state index contributed by atoms with van der Waals surface area (Å²) in [5.41, 5.74) is 5.26. The van der Waals surface area contributed by atoms with Gasteiger partial charge >= 0.3 is 12.4 Å². The summed E-state index contributed by atoms with van der Waals surface area (Å²) in [6.45, 7) is -0.566. The first kappa shape index (κ1) is 17.6. The van der Waals surface area contributed by atoms with E-state index in [1.807, 2.05) is 0 Å². The van der Waals surface area contributed by atoms with Crippen molar-refractivity contribution in [3.63, 3.8) is 0 Å². The number of nitrogens with two attached hydrogens (primary N) is 1. The van der Waals surface area contributed by atoms with Crippen molar-refractivity contribution >= 4 is 0 Å². The Bertz CT molecular complexity index is 446. The first-order chi connectivity index (χ1) is 9.61. The second-order valence-electron chi connectivity index (χ2n) is 4.07. The molecule has 1 aromatic rings. The summed E-state index contributed by atoms with van der Waals surface area (Å²) in [6, 6.07) is 5.62. The molecule has 0 heterocycles. The number of alkyl halides is 6. The Kier molecular flexibility index (Phi) is 5.46. The van der Waals surface area contributed by atoms with Crippen LogP contribution in [-0.2, 0) is 4.74 Å². The van der Waals surface area contributed by atoms with Gasteiger partial charge in [-0.15, -0.1) is 0 Å². The highest BCUT2D eigenvalue weighted by molar-refractivity contribution is 5.35. The van der Waals surface area contributed by atoms with Crippen LogP contribution < -0.4 is 10.5 Å². The molecule has 0 aliphatic heterocycles. The van der Waals surface area contributed by atoms with Crippen molar-refractivity contribution in [2.75, 3.05) is 13.7 Å². The quantitative estimate of drug-likeness (QED) is 0.848. The van der Waals surface area contributed by atoms with Crippen LogP contribution >= 0.6 is 0 Å². The first-order valence-corrected chi connectivity index (χ1v) is 5.73. The van der Waals surface area contributed by atoms with Gasteiger partial charge in [0.05, 0.1) is 13.2 Å². The molecule has 21 heavy (non-hydrogen) atoms. The minimum atomic E-state index is -5.59. The molecule has 0 bridgehead atoms. The topological polar surface area (TPSA) is 44.5 Å². The molecule has 3 nitrogen and oxygen atoms in total. The van der Waals surface area contributed by atoms with E-state index in [4.69, 9.17) is 10.5 Å². The summed E-state index contributed by atoms with van der Waals surface area (Å²) in [5.74, 6) is 0.0936. The molecular weight excluding hydrogens is 304 g/mol. The van der Waals surface area contributed by atoms with E-state index in [-0.39, 0.29) is 11.3 Å². The zero-order valence-electron chi connectivity index (χ0n) is 10.8. The van der Waals surface area contributed by atoms with Crippen molar-refractivity contribution in [1.82, 2.24) is 0 Å². The van der Waals surface area contributed by atoms with E-state index in [9.17, 15) is 26.3 Å². The molecule has 1 unspecified atom stereocenters. The van der Waals surface area contributed by atoms with Crippen LogP contribution in [0.15, 0.2) is 24.3 Å². The van der Waals surface area contributed by atoms with E-state index in [1.54, 1.807) is 0 Å². The molecule has 120 valence electrons. The molecule has 0 spiro atoms. The van der Waals surface area contributed by atoms with E-state index in [0.717, 1.165) is 0 Å². The third kappa shape index (κ3) is 4.50. The maximum Gasteiger partial charge on any atom is 0.423 e. The zero-order valence-corrected chi connectivity index (χ0v) is 10.8. The van der Waals surface area contributed by atoms with E-state index >= 15 is 0 Å². The molecule has 0 aromatic heterocycles. The Morgan fingerprint density at radius 2 is 1.57 bits per heavy atom. The third-order valence-corrected chi connectivity index (χ3v) is 2.59. The standard InChI is InChI=1S/C12H13F6NO2/c1-20-8-5-3-2-4-7(8)9(6-19)21-10(11(13,14)15)12(16,17)18/h2-5,9-10H,6,19H2,1H3. The fraction of sp³-hybridized carbons (Fsp3) is 0.500. The van der Waals surface area contributed by atoms with Gasteiger partial charge in [0, 0.05) is 12.1 Å². The number of halogens is 6. The molecule has 0 aliphatic rings. The number of methoxy groups -OCH3 is 1. The van der Waals surface area contributed by atoms with Crippen molar-refractivity contribution in [3.05, 3.63) is 29.8 Å². The van der Waals surface area contributed by atoms with Crippen molar-refractivity contribution in [3.8, 4) is 5.75 Å². The SMILES string of the molecule is COc1ccccc1C(CN)OC(C(F)(F)F)C(F)(F)F. The molecule has 0 radical (unpaired) electrons. The van der Waals surface area contributed by atoms with Gasteiger partial charge in [-0.05, 0) is 6.07 Å². The maximum absolute atomic E-state index is 12.5. The highest BCUT2D eigenvalue weighted by Gasteiger charge is 2.58. The van der Waals surface area contributed by atoms with Crippen LogP contribution in [0.1, 0.15) is 11.7 Å². The molecule has 2 N–H and O–H groups in total. The third-order valence-electron chi connectivity index (χ3n) is 2.59. The fourth-order valence-corrected chi connectivity index (χ4v) is 1.69. The summed E-state index contributed by atoms with van der Waals surface area (Å²) >= 11 is 0. The van der Waals surface area contributed by atoms with Gasteiger partial charge in [-0.2, -0.15) is 26.3 Å². The van der Waals surface area contributed by atoms with Gasteiger partial charge in [-0.1, -0.05) is 18.2 Å². The second-order valence-corrected chi connectivity index (χ2v) is 4.07. The predicted octanol–water partition coefficient (Wildman–Crippen LogP) is 3.20. The summed E-state index contributed by atoms with van der Waals surface area (Å²) in [7, 11) is 1.23. The van der Waals surface area contributed by atoms with Gasteiger partial charge < -0.3 is 15.2 Å². The Morgan fingerprint density at radius 1 is 1.05 bits per heavy atom. The molecule has 0 amide bonds. The summed E-state index contributed by atoms with van der Waals surface area (Å²) < 4.78 is 84.0. The summed E-state index contributed by atoms with van der Waals surface area (Å²) in [5, 5.41) is 0.